The van der Waals surface area contributed by atoms with Crippen molar-refractivity contribution in [1.29, 1.82) is 0 Å². The first-order chi connectivity index (χ1) is 10.2. The highest BCUT2D eigenvalue weighted by Crippen LogP contribution is 2.21. The van der Waals surface area contributed by atoms with Crippen molar-refractivity contribution in [2.45, 2.75) is 32.7 Å². The van der Waals surface area contributed by atoms with E-state index in [1.165, 1.54) is 12.8 Å². The highest BCUT2D eigenvalue weighted by Gasteiger charge is 2.17. The number of pyridine rings is 1. The maximum absolute atomic E-state index is 6.23. The van der Waals surface area contributed by atoms with Crippen LogP contribution in [0.15, 0.2) is 12.1 Å². The van der Waals surface area contributed by atoms with Gasteiger partial charge < -0.3 is 15.0 Å². The fourth-order valence-corrected chi connectivity index (χ4v) is 2.80. The Hall–Kier alpha value is -0.840. The summed E-state index contributed by atoms with van der Waals surface area (Å²) in [5.41, 5.74) is 0.925. The summed E-state index contributed by atoms with van der Waals surface area (Å²) in [7, 11) is 2.09. The highest BCUT2D eigenvalue weighted by molar-refractivity contribution is 6.31. The molecule has 2 heterocycles. The Labute approximate surface area is 132 Å². The van der Waals surface area contributed by atoms with Crippen molar-refractivity contribution in [2.75, 3.05) is 38.3 Å². The molecule has 1 aliphatic rings. The van der Waals surface area contributed by atoms with Crippen molar-refractivity contribution in [3.63, 3.8) is 0 Å². The van der Waals surface area contributed by atoms with Crippen molar-refractivity contribution in [3.8, 4) is 0 Å². The molecule has 118 valence electrons. The third kappa shape index (κ3) is 5.13. The van der Waals surface area contributed by atoms with Gasteiger partial charge in [0.1, 0.15) is 5.82 Å². The molecule has 0 amide bonds. The van der Waals surface area contributed by atoms with Crippen LogP contribution in [0.25, 0.3) is 0 Å². The van der Waals surface area contributed by atoms with Crippen LogP contribution in [0.3, 0.4) is 0 Å². The van der Waals surface area contributed by atoms with E-state index in [0.717, 1.165) is 55.8 Å². The molecule has 1 aliphatic heterocycles. The van der Waals surface area contributed by atoms with Gasteiger partial charge in [0.05, 0.1) is 17.3 Å². The molecule has 1 N–H and O–H groups in total. The Morgan fingerprint density at radius 3 is 3.05 bits per heavy atom. The Morgan fingerprint density at radius 2 is 2.33 bits per heavy atom. The van der Waals surface area contributed by atoms with Gasteiger partial charge >= 0.3 is 0 Å². The number of nitrogens with one attached hydrogen (secondary N) is 1. The van der Waals surface area contributed by atoms with Crippen molar-refractivity contribution >= 4 is 17.4 Å². The number of anilines is 1. The normalized spacial score (nSPS) is 18.7. The predicted molar refractivity (Wildman–Crippen MR) is 88.1 cm³/mol. The second kappa shape index (κ2) is 8.57. The van der Waals surface area contributed by atoms with E-state index in [-0.39, 0.29) is 0 Å². The Bertz CT molecular complexity index is 436. The first-order valence-electron chi connectivity index (χ1n) is 7.85. The smallest absolute Gasteiger partial charge is 0.128 e. The van der Waals surface area contributed by atoms with E-state index in [1.54, 1.807) is 0 Å². The number of rotatable bonds is 7. The minimum atomic E-state index is 0.600. The van der Waals surface area contributed by atoms with E-state index in [1.807, 2.05) is 12.1 Å². The van der Waals surface area contributed by atoms with Crippen molar-refractivity contribution in [3.05, 3.63) is 22.8 Å². The monoisotopic (exact) mass is 311 g/mol. The number of hydrogen-bond acceptors (Lipinski definition) is 4. The molecule has 1 fully saturated rings. The molecule has 0 spiro atoms. The van der Waals surface area contributed by atoms with Gasteiger partial charge in [-0.1, -0.05) is 18.5 Å². The van der Waals surface area contributed by atoms with Gasteiger partial charge in [0.2, 0.25) is 0 Å². The van der Waals surface area contributed by atoms with E-state index in [0.29, 0.717) is 5.92 Å². The summed E-state index contributed by atoms with van der Waals surface area (Å²) < 4.78 is 5.55. The number of aromatic nitrogens is 1. The molecule has 1 aromatic heterocycles. The molecule has 1 saturated heterocycles. The topological polar surface area (TPSA) is 37.4 Å². The van der Waals surface area contributed by atoms with Gasteiger partial charge in [-0.05, 0) is 43.9 Å². The van der Waals surface area contributed by atoms with E-state index < -0.39 is 0 Å². The van der Waals surface area contributed by atoms with Gasteiger partial charge in [-0.25, -0.2) is 4.98 Å². The molecule has 0 aromatic carbocycles. The molecule has 0 aliphatic carbocycles. The van der Waals surface area contributed by atoms with Gasteiger partial charge in [0, 0.05) is 26.7 Å². The van der Waals surface area contributed by atoms with Gasteiger partial charge in [0.15, 0.2) is 0 Å². The average molecular weight is 312 g/mol. The first kappa shape index (κ1) is 16.5. The summed E-state index contributed by atoms with van der Waals surface area (Å²) >= 11 is 6.23. The number of ether oxygens (including phenoxy) is 1. The van der Waals surface area contributed by atoms with Crippen molar-refractivity contribution in [1.82, 2.24) is 10.3 Å². The molecule has 21 heavy (non-hydrogen) atoms. The lowest BCUT2D eigenvalue weighted by Crippen LogP contribution is -2.31. The first-order valence-corrected chi connectivity index (χ1v) is 8.23. The number of halogens is 1. The SMILES string of the molecule is CCCNCc1nc(N(C)CC2CCCOC2)ccc1Cl. The fraction of sp³-hybridized carbons (Fsp3) is 0.688. The molecule has 5 heteroatoms. The molecule has 0 saturated carbocycles. The fourth-order valence-electron chi connectivity index (χ4n) is 2.63. The molecule has 1 atom stereocenters. The zero-order chi connectivity index (χ0) is 15.1. The molecule has 2 rings (SSSR count). The lowest BCUT2D eigenvalue weighted by Gasteiger charge is -2.28. The zero-order valence-corrected chi connectivity index (χ0v) is 13.8. The van der Waals surface area contributed by atoms with Gasteiger partial charge in [-0.2, -0.15) is 0 Å². The van der Waals surface area contributed by atoms with Crippen LogP contribution in [0.5, 0.6) is 0 Å². The molecule has 1 aromatic rings. The summed E-state index contributed by atoms with van der Waals surface area (Å²) in [6.45, 7) is 6.61. The molecule has 1 unspecified atom stereocenters. The van der Waals surface area contributed by atoms with Crippen molar-refractivity contribution in [2.24, 2.45) is 5.92 Å². The lowest BCUT2D eigenvalue weighted by molar-refractivity contribution is 0.0576. The molecule has 4 nitrogen and oxygen atoms in total. The summed E-state index contributed by atoms with van der Waals surface area (Å²) in [4.78, 5) is 6.91. The van der Waals surface area contributed by atoms with Gasteiger partial charge in [-0.3, -0.25) is 0 Å². The van der Waals surface area contributed by atoms with E-state index in [9.17, 15) is 0 Å². The van der Waals surface area contributed by atoms with Crippen LogP contribution in [0.4, 0.5) is 5.82 Å². The van der Waals surface area contributed by atoms with Crippen LogP contribution >= 0.6 is 11.6 Å². The average Bonchev–Trinajstić information content (AvgIpc) is 2.50. The van der Waals surface area contributed by atoms with Gasteiger partial charge in [0.25, 0.3) is 0 Å². The summed E-state index contributed by atoms with van der Waals surface area (Å²) in [5, 5.41) is 4.09. The maximum Gasteiger partial charge on any atom is 0.128 e. The maximum atomic E-state index is 6.23. The van der Waals surface area contributed by atoms with Crippen LogP contribution < -0.4 is 10.2 Å². The third-order valence-corrected chi connectivity index (χ3v) is 4.15. The largest absolute Gasteiger partial charge is 0.381 e. The third-order valence-electron chi connectivity index (χ3n) is 3.80. The van der Waals surface area contributed by atoms with Crippen LogP contribution in [0, 0.1) is 5.92 Å². The second-order valence-electron chi connectivity index (χ2n) is 5.74. The number of hydrogen-bond donors (Lipinski definition) is 1. The molecular weight excluding hydrogens is 286 g/mol. The van der Waals surface area contributed by atoms with Crippen LogP contribution in [0.2, 0.25) is 5.02 Å². The summed E-state index contributed by atoms with van der Waals surface area (Å²) in [6, 6.07) is 3.94. The van der Waals surface area contributed by atoms with E-state index in [4.69, 9.17) is 21.3 Å². The Balaban J connectivity index is 1.95. The lowest BCUT2D eigenvalue weighted by atomic mass is 10.0. The van der Waals surface area contributed by atoms with Crippen LogP contribution in [0.1, 0.15) is 31.9 Å². The summed E-state index contributed by atoms with van der Waals surface area (Å²) in [6.07, 6.45) is 3.51. The quantitative estimate of drug-likeness (QED) is 0.785. The summed E-state index contributed by atoms with van der Waals surface area (Å²) in [5.74, 6) is 1.58. The van der Waals surface area contributed by atoms with E-state index in [2.05, 4.69) is 24.2 Å². The highest BCUT2D eigenvalue weighted by atomic mass is 35.5. The van der Waals surface area contributed by atoms with Crippen LogP contribution in [-0.4, -0.2) is 38.3 Å². The predicted octanol–water partition coefficient (Wildman–Crippen LogP) is 3.10. The number of nitrogens with zero attached hydrogens (tertiary/aromatic N) is 2. The van der Waals surface area contributed by atoms with Crippen molar-refractivity contribution < 1.29 is 4.74 Å². The van der Waals surface area contributed by atoms with Crippen LogP contribution in [-0.2, 0) is 11.3 Å². The molecule has 0 radical (unpaired) electrons. The van der Waals surface area contributed by atoms with Gasteiger partial charge in [-0.15, -0.1) is 0 Å². The Morgan fingerprint density at radius 1 is 1.48 bits per heavy atom. The standard InChI is InChI=1S/C16H26ClN3O/c1-3-8-18-10-15-14(17)6-7-16(19-15)20(2)11-13-5-4-9-21-12-13/h6-7,13,18H,3-5,8-12H2,1-2H3. The second-order valence-corrected chi connectivity index (χ2v) is 6.15. The zero-order valence-electron chi connectivity index (χ0n) is 13.1. The minimum absolute atomic E-state index is 0.600. The van der Waals surface area contributed by atoms with E-state index >= 15 is 0 Å². The molecule has 0 bridgehead atoms. The Kier molecular flexibility index (Phi) is 6.74. The minimum Gasteiger partial charge on any atom is -0.381 e. The molecular formula is C16H26ClN3O.